The largest absolute Gasteiger partial charge is 0.378 e. The predicted octanol–water partition coefficient (Wildman–Crippen LogP) is 1.51. The molecular weight excluding hydrogens is 138 g/mol. The van der Waals surface area contributed by atoms with Crippen LogP contribution in [0.3, 0.4) is 0 Å². The van der Waals surface area contributed by atoms with Crippen molar-refractivity contribution in [2.24, 2.45) is 0 Å². The van der Waals surface area contributed by atoms with E-state index in [0.717, 1.165) is 19.3 Å². The number of hydrogen-bond acceptors (Lipinski definition) is 2. The lowest BCUT2D eigenvalue weighted by molar-refractivity contribution is 0.0129. The highest BCUT2D eigenvalue weighted by molar-refractivity contribution is 4.80. The summed E-state index contributed by atoms with van der Waals surface area (Å²) in [5, 5.41) is 0. The molecule has 0 bridgehead atoms. The Morgan fingerprint density at radius 1 is 1.27 bits per heavy atom. The van der Waals surface area contributed by atoms with Crippen molar-refractivity contribution in [1.29, 1.82) is 0 Å². The molecule has 2 heteroatoms. The molecule has 0 radical (unpaired) electrons. The highest BCUT2D eigenvalue weighted by Crippen LogP contribution is 2.19. The van der Waals surface area contributed by atoms with E-state index in [9.17, 15) is 0 Å². The van der Waals surface area contributed by atoms with Gasteiger partial charge in [-0.15, -0.1) is 0 Å². The first-order valence-electron chi connectivity index (χ1n) is 4.78. The summed E-state index contributed by atoms with van der Waals surface area (Å²) in [7, 11) is 0. The summed E-state index contributed by atoms with van der Waals surface area (Å²) in [4.78, 5) is 2.55. The van der Waals surface area contributed by atoms with Gasteiger partial charge in [-0.2, -0.15) is 0 Å². The standard InChI is InChI=1S/C7H13NO.C2H6/c1-2-7-6-9-5-4-8(7)3-1;1-2/h7H,1-6H2;1-2H3. The Bertz CT molecular complexity index is 93.7. The summed E-state index contributed by atoms with van der Waals surface area (Å²) in [6.45, 7) is 8.43. The van der Waals surface area contributed by atoms with E-state index in [1.807, 2.05) is 13.8 Å². The highest BCUT2D eigenvalue weighted by atomic mass is 16.5. The molecule has 0 aromatic rings. The van der Waals surface area contributed by atoms with Crippen LogP contribution in [0, 0.1) is 0 Å². The second-order valence-electron chi connectivity index (χ2n) is 2.91. The van der Waals surface area contributed by atoms with Gasteiger partial charge >= 0.3 is 0 Å². The van der Waals surface area contributed by atoms with Crippen LogP contribution in [0.4, 0.5) is 0 Å². The number of ether oxygens (including phenoxy) is 1. The molecule has 66 valence electrons. The van der Waals surface area contributed by atoms with Crippen molar-refractivity contribution in [3.8, 4) is 0 Å². The van der Waals surface area contributed by atoms with Crippen LogP contribution in [0.5, 0.6) is 0 Å². The van der Waals surface area contributed by atoms with E-state index in [2.05, 4.69) is 4.90 Å². The number of rotatable bonds is 0. The lowest BCUT2D eigenvalue weighted by atomic mass is 10.2. The zero-order chi connectivity index (χ0) is 8.10. The molecule has 2 nitrogen and oxygen atoms in total. The van der Waals surface area contributed by atoms with Crippen molar-refractivity contribution in [2.45, 2.75) is 32.7 Å². The van der Waals surface area contributed by atoms with Crippen molar-refractivity contribution in [3.63, 3.8) is 0 Å². The highest BCUT2D eigenvalue weighted by Gasteiger charge is 2.26. The van der Waals surface area contributed by atoms with Gasteiger partial charge in [0.1, 0.15) is 0 Å². The molecule has 2 fully saturated rings. The molecule has 0 N–H and O–H groups in total. The Balaban J connectivity index is 0.000000281. The molecule has 0 aliphatic carbocycles. The monoisotopic (exact) mass is 157 g/mol. The van der Waals surface area contributed by atoms with Crippen LogP contribution in [0.1, 0.15) is 26.7 Å². The minimum Gasteiger partial charge on any atom is -0.378 e. The Morgan fingerprint density at radius 3 is 2.82 bits per heavy atom. The van der Waals surface area contributed by atoms with Gasteiger partial charge < -0.3 is 4.74 Å². The number of morpholine rings is 1. The summed E-state index contributed by atoms with van der Waals surface area (Å²) in [5.41, 5.74) is 0. The first kappa shape index (κ1) is 9.01. The van der Waals surface area contributed by atoms with Gasteiger partial charge in [-0.3, -0.25) is 4.90 Å². The summed E-state index contributed by atoms with van der Waals surface area (Å²) < 4.78 is 5.34. The second-order valence-corrected chi connectivity index (χ2v) is 2.91. The minimum absolute atomic E-state index is 0.777. The van der Waals surface area contributed by atoms with Gasteiger partial charge in [0.05, 0.1) is 13.2 Å². The number of hydrogen-bond donors (Lipinski definition) is 0. The second kappa shape index (κ2) is 4.73. The molecule has 11 heavy (non-hydrogen) atoms. The quantitative estimate of drug-likeness (QED) is 0.528. The molecule has 0 spiro atoms. The van der Waals surface area contributed by atoms with E-state index in [4.69, 9.17) is 4.74 Å². The maximum absolute atomic E-state index is 5.34. The summed E-state index contributed by atoms with van der Waals surface area (Å²) in [6.07, 6.45) is 2.74. The molecular formula is C9H19NO. The van der Waals surface area contributed by atoms with E-state index >= 15 is 0 Å². The number of fused-ring (bicyclic) bond motifs is 1. The topological polar surface area (TPSA) is 12.5 Å². The van der Waals surface area contributed by atoms with Gasteiger partial charge in [0, 0.05) is 12.6 Å². The Kier molecular flexibility index (Phi) is 3.87. The van der Waals surface area contributed by atoms with Crippen molar-refractivity contribution >= 4 is 0 Å². The van der Waals surface area contributed by atoms with Gasteiger partial charge in [0.25, 0.3) is 0 Å². The molecule has 1 atom stereocenters. The molecule has 2 saturated heterocycles. The maximum Gasteiger partial charge on any atom is 0.0622 e. The normalized spacial score (nSPS) is 30.5. The lowest BCUT2D eigenvalue weighted by Gasteiger charge is -2.28. The summed E-state index contributed by atoms with van der Waals surface area (Å²) in [5.74, 6) is 0. The van der Waals surface area contributed by atoms with E-state index in [1.54, 1.807) is 0 Å². The fourth-order valence-corrected chi connectivity index (χ4v) is 1.78. The third-order valence-electron chi connectivity index (χ3n) is 2.33. The molecule has 0 aromatic carbocycles. The molecule has 0 aromatic heterocycles. The molecule has 2 aliphatic heterocycles. The SMILES string of the molecule is C1CC2COCCN2C1.CC. The first-order chi connectivity index (χ1) is 5.47. The van der Waals surface area contributed by atoms with Crippen LogP contribution in [-0.4, -0.2) is 37.2 Å². The number of nitrogens with zero attached hydrogens (tertiary/aromatic N) is 1. The smallest absolute Gasteiger partial charge is 0.0622 e. The Labute approximate surface area is 69.5 Å². The Morgan fingerprint density at radius 2 is 2.09 bits per heavy atom. The zero-order valence-electron chi connectivity index (χ0n) is 7.68. The van der Waals surface area contributed by atoms with E-state index < -0.39 is 0 Å². The van der Waals surface area contributed by atoms with Crippen LogP contribution < -0.4 is 0 Å². The van der Waals surface area contributed by atoms with E-state index in [-0.39, 0.29) is 0 Å². The fourth-order valence-electron chi connectivity index (χ4n) is 1.78. The predicted molar refractivity (Wildman–Crippen MR) is 46.8 cm³/mol. The van der Waals surface area contributed by atoms with Crippen LogP contribution in [-0.2, 0) is 4.74 Å². The first-order valence-corrected chi connectivity index (χ1v) is 4.78. The van der Waals surface area contributed by atoms with Crippen LogP contribution in [0.2, 0.25) is 0 Å². The zero-order valence-corrected chi connectivity index (χ0v) is 7.68. The lowest BCUT2D eigenvalue weighted by Crippen LogP contribution is -2.40. The van der Waals surface area contributed by atoms with Gasteiger partial charge in [-0.05, 0) is 19.4 Å². The van der Waals surface area contributed by atoms with E-state index in [0.29, 0.717) is 0 Å². The Hall–Kier alpha value is -0.0800. The molecule has 2 heterocycles. The van der Waals surface area contributed by atoms with Crippen molar-refractivity contribution < 1.29 is 4.74 Å². The molecule has 2 rings (SSSR count). The average molecular weight is 157 g/mol. The van der Waals surface area contributed by atoms with Gasteiger partial charge in [0.2, 0.25) is 0 Å². The molecule has 1 unspecified atom stereocenters. The third kappa shape index (κ3) is 2.17. The van der Waals surface area contributed by atoms with Crippen molar-refractivity contribution in [3.05, 3.63) is 0 Å². The van der Waals surface area contributed by atoms with Gasteiger partial charge in [-0.1, -0.05) is 13.8 Å². The minimum atomic E-state index is 0.777. The van der Waals surface area contributed by atoms with E-state index in [1.165, 1.54) is 25.9 Å². The summed E-state index contributed by atoms with van der Waals surface area (Å²) in [6, 6.07) is 0.777. The average Bonchev–Trinajstić information content (AvgIpc) is 2.55. The van der Waals surface area contributed by atoms with Crippen LogP contribution in [0.25, 0.3) is 0 Å². The molecule has 0 saturated carbocycles. The van der Waals surface area contributed by atoms with Crippen molar-refractivity contribution in [1.82, 2.24) is 4.90 Å². The van der Waals surface area contributed by atoms with Gasteiger partial charge in [-0.25, -0.2) is 0 Å². The molecule has 0 amide bonds. The fraction of sp³-hybridized carbons (Fsp3) is 1.00. The van der Waals surface area contributed by atoms with Crippen LogP contribution in [0.15, 0.2) is 0 Å². The third-order valence-corrected chi connectivity index (χ3v) is 2.33. The van der Waals surface area contributed by atoms with Crippen molar-refractivity contribution in [2.75, 3.05) is 26.3 Å². The summed E-state index contributed by atoms with van der Waals surface area (Å²) >= 11 is 0. The van der Waals surface area contributed by atoms with Crippen LogP contribution >= 0.6 is 0 Å². The maximum atomic E-state index is 5.34. The van der Waals surface area contributed by atoms with Gasteiger partial charge in [0.15, 0.2) is 0 Å². The molecule has 2 aliphatic rings.